The van der Waals surface area contributed by atoms with E-state index in [-0.39, 0.29) is 19.3 Å². The van der Waals surface area contributed by atoms with Crippen molar-refractivity contribution in [2.45, 2.75) is 109 Å². The molecule has 2 aromatic carbocycles. The summed E-state index contributed by atoms with van der Waals surface area (Å²) in [4.78, 5) is 17.7. The summed E-state index contributed by atoms with van der Waals surface area (Å²) in [6.07, 6.45) is 19.3. The molecule has 37 heavy (non-hydrogen) atoms. The summed E-state index contributed by atoms with van der Waals surface area (Å²) in [7, 11) is -4.47. The molecule has 210 valence electrons. The van der Waals surface area contributed by atoms with Crippen molar-refractivity contribution in [1.29, 1.82) is 0 Å². The Balaban J connectivity index is 1.65. The highest BCUT2D eigenvalue weighted by atomic mass is 31.2. The van der Waals surface area contributed by atoms with Gasteiger partial charge in [0.1, 0.15) is 11.9 Å². The van der Waals surface area contributed by atoms with Gasteiger partial charge in [-0.05, 0) is 24.3 Å². The molecule has 2 N–H and O–H groups in total. The number of hydrogen-bond donors (Lipinski definition) is 2. The average molecular weight is 537 g/mol. The first-order valence-corrected chi connectivity index (χ1v) is 15.9. The fourth-order valence-electron chi connectivity index (χ4n) is 4.65. The van der Waals surface area contributed by atoms with Crippen LogP contribution in [-0.2, 0) is 13.8 Å². The van der Waals surface area contributed by atoms with E-state index in [1.165, 1.54) is 83.5 Å². The molecule has 0 bridgehead atoms. The Morgan fingerprint density at radius 3 is 1.92 bits per heavy atom. The van der Waals surface area contributed by atoms with E-state index in [4.69, 9.17) is 19.3 Å². The molecule has 0 radical (unpaired) electrons. The van der Waals surface area contributed by atoms with Gasteiger partial charge >= 0.3 is 7.82 Å². The molecule has 1 atom stereocenters. The van der Waals surface area contributed by atoms with Crippen LogP contribution in [0.2, 0.25) is 0 Å². The summed E-state index contributed by atoms with van der Waals surface area (Å²) in [5.41, 5.74) is 0. The van der Waals surface area contributed by atoms with Gasteiger partial charge < -0.3 is 19.3 Å². The molecule has 0 aliphatic heterocycles. The highest BCUT2D eigenvalue weighted by Crippen LogP contribution is 2.35. The number of fused-ring (bicyclic) bond motifs is 1. The molecule has 1 unspecified atom stereocenters. The van der Waals surface area contributed by atoms with E-state index < -0.39 is 7.82 Å². The minimum absolute atomic E-state index is 0.110. The van der Waals surface area contributed by atoms with Crippen molar-refractivity contribution in [2.24, 2.45) is 0 Å². The molecule has 0 fully saturated rings. The molecule has 2 aromatic rings. The second-order valence-electron chi connectivity index (χ2n) is 10.0. The SMILES string of the molecule is CCCCCCCCCCCCCCCCC(COCCOP(=O)(O)O)Oc1cccc2ccccc12. The lowest BCUT2D eigenvalue weighted by molar-refractivity contribution is 0.0277. The van der Waals surface area contributed by atoms with E-state index in [1.54, 1.807) is 0 Å². The lowest BCUT2D eigenvalue weighted by atomic mass is 10.0. The van der Waals surface area contributed by atoms with E-state index in [0.29, 0.717) is 6.61 Å². The van der Waals surface area contributed by atoms with E-state index in [0.717, 1.165) is 29.4 Å². The molecule has 0 aliphatic carbocycles. The lowest BCUT2D eigenvalue weighted by Crippen LogP contribution is -2.24. The number of unbranched alkanes of at least 4 members (excludes halogenated alkanes) is 13. The van der Waals surface area contributed by atoms with Crippen molar-refractivity contribution in [1.82, 2.24) is 0 Å². The predicted octanol–water partition coefficient (Wildman–Crippen LogP) is 8.58. The van der Waals surface area contributed by atoms with Gasteiger partial charge in [-0.25, -0.2) is 4.57 Å². The lowest BCUT2D eigenvalue weighted by Gasteiger charge is -2.20. The monoisotopic (exact) mass is 536 g/mol. The van der Waals surface area contributed by atoms with Crippen molar-refractivity contribution in [2.75, 3.05) is 19.8 Å². The van der Waals surface area contributed by atoms with Crippen molar-refractivity contribution in [3.8, 4) is 5.75 Å². The maximum absolute atomic E-state index is 10.8. The van der Waals surface area contributed by atoms with Crippen LogP contribution in [0, 0.1) is 0 Å². The quantitative estimate of drug-likeness (QED) is 0.109. The number of rotatable bonds is 23. The van der Waals surface area contributed by atoms with Crippen LogP contribution in [-0.4, -0.2) is 35.7 Å². The van der Waals surface area contributed by atoms with Gasteiger partial charge in [0.15, 0.2) is 0 Å². The van der Waals surface area contributed by atoms with Gasteiger partial charge in [-0.2, -0.15) is 0 Å². The van der Waals surface area contributed by atoms with Crippen LogP contribution in [0.3, 0.4) is 0 Å². The summed E-state index contributed by atoms with van der Waals surface area (Å²) in [5, 5.41) is 2.20. The first-order valence-electron chi connectivity index (χ1n) is 14.4. The third-order valence-electron chi connectivity index (χ3n) is 6.71. The molecule has 0 amide bonds. The standard InChI is InChI=1S/C30H49O6P/c1-2-3-4-5-6-7-8-9-10-11-12-13-14-15-21-28(26-34-24-25-35-37(31,32)33)36-30-23-18-20-27-19-16-17-22-29(27)30/h16-20,22-23,28H,2-15,21,24-26H2,1H3,(H2,31,32,33). The van der Waals surface area contributed by atoms with E-state index in [2.05, 4.69) is 29.6 Å². The van der Waals surface area contributed by atoms with Crippen LogP contribution < -0.4 is 4.74 Å². The van der Waals surface area contributed by atoms with Crippen LogP contribution >= 0.6 is 7.82 Å². The topological polar surface area (TPSA) is 85.2 Å². The molecule has 0 heterocycles. The van der Waals surface area contributed by atoms with Gasteiger partial charge in [0.2, 0.25) is 0 Å². The van der Waals surface area contributed by atoms with Crippen LogP contribution in [0.4, 0.5) is 0 Å². The minimum Gasteiger partial charge on any atom is -0.487 e. The van der Waals surface area contributed by atoms with Crippen molar-refractivity contribution in [3.05, 3.63) is 42.5 Å². The zero-order valence-electron chi connectivity index (χ0n) is 22.8. The number of hydrogen-bond acceptors (Lipinski definition) is 4. The molecule has 0 saturated carbocycles. The summed E-state index contributed by atoms with van der Waals surface area (Å²) >= 11 is 0. The molecule has 2 rings (SSSR count). The largest absolute Gasteiger partial charge is 0.487 e. The first-order chi connectivity index (χ1) is 18.0. The molecule has 0 saturated heterocycles. The third kappa shape index (κ3) is 15.5. The smallest absolute Gasteiger partial charge is 0.469 e. The maximum atomic E-state index is 10.8. The number of phosphoric ester groups is 1. The second kappa shape index (κ2) is 19.6. The normalized spacial score (nSPS) is 12.7. The zero-order chi connectivity index (χ0) is 26.6. The Morgan fingerprint density at radius 2 is 1.30 bits per heavy atom. The Hall–Kier alpha value is -1.43. The Kier molecular flexibility index (Phi) is 16.8. The van der Waals surface area contributed by atoms with Gasteiger partial charge in [0.05, 0.1) is 19.8 Å². The second-order valence-corrected chi connectivity index (χ2v) is 11.2. The summed E-state index contributed by atoms with van der Waals surface area (Å²) in [6.45, 7) is 2.58. The van der Waals surface area contributed by atoms with Gasteiger partial charge in [-0.3, -0.25) is 4.52 Å². The van der Waals surface area contributed by atoms with E-state index >= 15 is 0 Å². The number of ether oxygens (including phenoxy) is 2. The van der Waals surface area contributed by atoms with Crippen molar-refractivity contribution < 1.29 is 28.3 Å². The highest BCUT2D eigenvalue weighted by Gasteiger charge is 2.15. The number of benzene rings is 2. The summed E-state index contributed by atoms with van der Waals surface area (Å²) in [6, 6.07) is 14.2. The fourth-order valence-corrected chi connectivity index (χ4v) is 4.96. The van der Waals surface area contributed by atoms with Gasteiger partial charge in [-0.15, -0.1) is 0 Å². The Labute approximate surface area is 224 Å². The zero-order valence-corrected chi connectivity index (χ0v) is 23.7. The molecule has 0 spiro atoms. The van der Waals surface area contributed by atoms with Crippen molar-refractivity contribution >= 4 is 18.6 Å². The fraction of sp³-hybridized carbons (Fsp3) is 0.667. The molecule has 0 aliphatic rings. The van der Waals surface area contributed by atoms with Gasteiger partial charge in [0.25, 0.3) is 0 Å². The molecular formula is C30H49O6P. The Bertz CT molecular complexity index is 878. The molecule has 0 aromatic heterocycles. The molecule has 6 nitrogen and oxygen atoms in total. The first kappa shape index (κ1) is 31.8. The van der Waals surface area contributed by atoms with E-state index in [1.807, 2.05) is 24.3 Å². The Morgan fingerprint density at radius 1 is 0.730 bits per heavy atom. The van der Waals surface area contributed by atoms with E-state index in [9.17, 15) is 4.57 Å². The van der Waals surface area contributed by atoms with Crippen molar-refractivity contribution in [3.63, 3.8) is 0 Å². The summed E-state index contributed by atoms with van der Waals surface area (Å²) < 4.78 is 27.3. The van der Waals surface area contributed by atoms with Crippen LogP contribution in [0.1, 0.15) is 103 Å². The third-order valence-corrected chi connectivity index (χ3v) is 7.23. The highest BCUT2D eigenvalue weighted by molar-refractivity contribution is 7.46. The predicted molar refractivity (Wildman–Crippen MR) is 152 cm³/mol. The number of phosphoric acid groups is 1. The summed E-state index contributed by atoms with van der Waals surface area (Å²) in [5.74, 6) is 0.837. The molecular weight excluding hydrogens is 487 g/mol. The van der Waals surface area contributed by atoms with Crippen LogP contribution in [0.15, 0.2) is 42.5 Å². The average Bonchev–Trinajstić information content (AvgIpc) is 2.88. The van der Waals surface area contributed by atoms with Gasteiger partial charge in [-0.1, -0.05) is 127 Å². The molecule has 7 heteroatoms. The maximum Gasteiger partial charge on any atom is 0.469 e. The van der Waals surface area contributed by atoms with Crippen LogP contribution in [0.5, 0.6) is 5.75 Å². The van der Waals surface area contributed by atoms with Gasteiger partial charge in [0, 0.05) is 5.39 Å². The minimum atomic E-state index is -4.47. The van der Waals surface area contributed by atoms with Crippen LogP contribution in [0.25, 0.3) is 10.8 Å².